The Labute approximate surface area is 133 Å². The van der Waals surface area contributed by atoms with E-state index in [0.717, 1.165) is 34.3 Å². The average molecular weight is 372 g/mol. The van der Waals surface area contributed by atoms with E-state index in [4.69, 9.17) is 5.73 Å². The van der Waals surface area contributed by atoms with E-state index in [9.17, 15) is 4.79 Å². The van der Waals surface area contributed by atoms with Crippen molar-refractivity contribution in [2.75, 3.05) is 5.32 Å². The largest absolute Gasteiger partial charge is 0.328 e. The lowest BCUT2D eigenvalue weighted by atomic mass is 10.1. The summed E-state index contributed by atoms with van der Waals surface area (Å²) >= 11 is 6.52. The van der Waals surface area contributed by atoms with Crippen molar-refractivity contribution in [1.29, 1.82) is 0 Å². The van der Waals surface area contributed by atoms with E-state index < -0.39 is 0 Å². The average Bonchev–Trinajstić information content (AvgIpc) is 3.10. The second-order valence-corrected chi connectivity index (χ2v) is 7.61. The maximum atomic E-state index is 12.1. The highest BCUT2D eigenvalue weighted by molar-refractivity contribution is 9.10. The number of thiazole rings is 1. The number of amides is 1. The van der Waals surface area contributed by atoms with Crippen LogP contribution in [0.1, 0.15) is 19.3 Å². The normalized spacial score (nSPS) is 22.1. The summed E-state index contributed by atoms with van der Waals surface area (Å²) in [6.45, 7) is 0. The van der Waals surface area contributed by atoms with Crippen LogP contribution in [0.25, 0.3) is 10.6 Å². The molecule has 0 radical (unpaired) electrons. The van der Waals surface area contributed by atoms with E-state index in [-0.39, 0.29) is 17.9 Å². The number of rotatable bonds is 3. The molecule has 1 saturated carbocycles. The number of nitrogens with two attached hydrogens (primary N) is 1. The Kier molecular flexibility index (Phi) is 4.21. The quantitative estimate of drug-likeness (QED) is 0.863. The highest BCUT2D eigenvalue weighted by Crippen LogP contribution is 2.32. The van der Waals surface area contributed by atoms with Gasteiger partial charge in [-0.2, -0.15) is 0 Å². The first-order valence-corrected chi connectivity index (χ1v) is 8.93. The summed E-state index contributed by atoms with van der Waals surface area (Å²) in [6.07, 6.45) is 2.59. The molecule has 0 aliphatic heterocycles. The number of hydrogen-bond donors (Lipinski definition) is 2. The highest BCUT2D eigenvalue weighted by atomic mass is 79.9. The number of halogens is 1. The van der Waals surface area contributed by atoms with Crippen molar-refractivity contribution in [3.05, 3.63) is 21.3 Å². The first kappa shape index (κ1) is 14.2. The molecule has 2 heterocycles. The van der Waals surface area contributed by atoms with Gasteiger partial charge in [0.15, 0.2) is 5.13 Å². The summed E-state index contributed by atoms with van der Waals surface area (Å²) in [6, 6.07) is 2.20. The van der Waals surface area contributed by atoms with Crippen molar-refractivity contribution >= 4 is 49.6 Å². The molecule has 0 aromatic carbocycles. The summed E-state index contributed by atoms with van der Waals surface area (Å²) in [4.78, 5) is 17.7. The van der Waals surface area contributed by atoms with Gasteiger partial charge in [0, 0.05) is 27.2 Å². The summed E-state index contributed by atoms with van der Waals surface area (Å²) < 4.78 is 1.05. The molecule has 2 atom stereocenters. The molecule has 2 aromatic heterocycles. The maximum Gasteiger partial charge on any atom is 0.229 e. The molecule has 1 aliphatic carbocycles. The van der Waals surface area contributed by atoms with Crippen molar-refractivity contribution in [1.82, 2.24) is 4.98 Å². The molecule has 1 fully saturated rings. The van der Waals surface area contributed by atoms with Crippen LogP contribution in [0.15, 0.2) is 21.3 Å². The summed E-state index contributed by atoms with van der Waals surface area (Å²) in [5.74, 6) is 0.0828. The first-order chi connectivity index (χ1) is 9.61. The standard InChI is InChI=1S/C13H14BrN3OS2/c14-8-4-11(19-5-8)10-6-20-13(16-10)17-12(18)7-1-2-9(15)3-7/h4-7,9H,1-3,15H2,(H,16,17,18). The van der Waals surface area contributed by atoms with E-state index in [1.807, 2.05) is 16.8 Å². The van der Waals surface area contributed by atoms with Gasteiger partial charge < -0.3 is 11.1 Å². The van der Waals surface area contributed by atoms with Gasteiger partial charge in [-0.05, 0) is 41.3 Å². The molecular weight excluding hydrogens is 358 g/mol. The minimum Gasteiger partial charge on any atom is -0.328 e. The second-order valence-electron chi connectivity index (χ2n) is 4.93. The van der Waals surface area contributed by atoms with Gasteiger partial charge in [0.25, 0.3) is 0 Å². The lowest BCUT2D eigenvalue weighted by Gasteiger charge is -2.08. The van der Waals surface area contributed by atoms with E-state index in [0.29, 0.717) is 5.13 Å². The molecule has 20 heavy (non-hydrogen) atoms. The fourth-order valence-electron chi connectivity index (χ4n) is 2.35. The summed E-state index contributed by atoms with van der Waals surface area (Å²) in [5, 5.41) is 7.56. The number of thiophene rings is 1. The van der Waals surface area contributed by atoms with Crippen molar-refractivity contribution in [2.45, 2.75) is 25.3 Å². The van der Waals surface area contributed by atoms with Crippen molar-refractivity contribution in [3.63, 3.8) is 0 Å². The Hall–Kier alpha value is -0.760. The molecule has 7 heteroatoms. The molecule has 1 amide bonds. The van der Waals surface area contributed by atoms with Crippen LogP contribution >= 0.6 is 38.6 Å². The minimum absolute atomic E-state index is 0.0354. The molecule has 4 nitrogen and oxygen atoms in total. The predicted octanol–water partition coefficient (Wildman–Crippen LogP) is 3.70. The Bertz CT molecular complexity index is 625. The molecule has 106 valence electrons. The number of carbonyl (C=O) groups is 1. The molecule has 3 N–H and O–H groups in total. The third-order valence-electron chi connectivity index (χ3n) is 3.40. The molecule has 2 unspecified atom stereocenters. The topological polar surface area (TPSA) is 68.0 Å². The smallest absolute Gasteiger partial charge is 0.229 e. The van der Waals surface area contributed by atoms with Crippen LogP contribution in [-0.4, -0.2) is 16.9 Å². The van der Waals surface area contributed by atoms with Gasteiger partial charge >= 0.3 is 0 Å². The highest BCUT2D eigenvalue weighted by Gasteiger charge is 2.28. The summed E-state index contributed by atoms with van der Waals surface area (Å²) in [5.41, 5.74) is 6.75. The van der Waals surface area contributed by atoms with E-state index in [1.54, 1.807) is 11.3 Å². The predicted molar refractivity (Wildman–Crippen MR) is 87.1 cm³/mol. The molecule has 0 bridgehead atoms. The van der Waals surface area contributed by atoms with Crippen LogP contribution in [0.4, 0.5) is 5.13 Å². The first-order valence-electron chi connectivity index (χ1n) is 6.38. The fourth-order valence-corrected chi connectivity index (χ4v) is 4.53. The molecule has 0 spiro atoms. The molecule has 1 aliphatic rings. The van der Waals surface area contributed by atoms with Crippen LogP contribution < -0.4 is 11.1 Å². The van der Waals surface area contributed by atoms with Crippen molar-refractivity contribution in [3.8, 4) is 10.6 Å². The lowest BCUT2D eigenvalue weighted by molar-refractivity contribution is -0.119. The van der Waals surface area contributed by atoms with Crippen LogP contribution in [0, 0.1) is 5.92 Å². The number of anilines is 1. The number of nitrogens with one attached hydrogen (secondary N) is 1. The van der Waals surface area contributed by atoms with Crippen LogP contribution in [0.3, 0.4) is 0 Å². The molecule has 0 saturated heterocycles. The van der Waals surface area contributed by atoms with E-state index >= 15 is 0 Å². The van der Waals surface area contributed by atoms with Gasteiger partial charge in [0.1, 0.15) is 0 Å². The second kappa shape index (κ2) is 5.93. The number of carbonyl (C=O) groups excluding carboxylic acids is 1. The van der Waals surface area contributed by atoms with Crippen LogP contribution in [0.2, 0.25) is 0 Å². The monoisotopic (exact) mass is 371 g/mol. The SMILES string of the molecule is NC1CCC(C(=O)Nc2nc(-c3cc(Br)cs3)cs2)C1. The number of hydrogen-bond acceptors (Lipinski definition) is 5. The van der Waals surface area contributed by atoms with Gasteiger partial charge in [-0.15, -0.1) is 22.7 Å². The molecular formula is C13H14BrN3OS2. The Balaban J connectivity index is 1.67. The Morgan fingerprint density at radius 1 is 1.40 bits per heavy atom. The van der Waals surface area contributed by atoms with Crippen LogP contribution in [0.5, 0.6) is 0 Å². The molecule has 2 aromatic rings. The van der Waals surface area contributed by atoms with Gasteiger partial charge in [0.2, 0.25) is 5.91 Å². The van der Waals surface area contributed by atoms with Crippen molar-refractivity contribution in [2.24, 2.45) is 11.7 Å². The van der Waals surface area contributed by atoms with E-state index in [1.165, 1.54) is 11.3 Å². The zero-order valence-electron chi connectivity index (χ0n) is 10.6. The zero-order valence-corrected chi connectivity index (χ0v) is 13.9. The lowest BCUT2D eigenvalue weighted by Crippen LogP contribution is -2.23. The third-order valence-corrected chi connectivity index (χ3v) is 5.87. The van der Waals surface area contributed by atoms with Gasteiger partial charge in [0.05, 0.1) is 10.6 Å². The summed E-state index contributed by atoms with van der Waals surface area (Å²) in [7, 11) is 0. The third kappa shape index (κ3) is 3.11. The number of nitrogens with zero attached hydrogens (tertiary/aromatic N) is 1. The van der Waals surface area contributed by atoms with Gasteiger partial charge in [-0.25, -0.2) is 4.98 Å². The minimum atomic E-state index is 0.0354. The zero-order chi connectivity index (χ0) is 14.1. The maximum absolute atomic E-state index is 12.1. The fraction of sp³-hybridized carbons (Fsp3) is 0.385. The number of aromatic nitrogens is 1. The van der Waals surface area contributed by atoms with Gasteiger partial charge in [-0.3, -0.25) is 4.79 Å². The molecule has 3 rings (SSSR count). The Morgan fingerprint density at radius 2 is 2.25 bits per heavy atom. The van der Waals surface area contributed by atoms with Crippen molar-refractivity contribution < 1.29 is 4.79 Å². The Morgan fingerprint density at radius 3 is 2.90 bits per heavy atom. The van der Waals surface area contributed by atoms with E-state index in [2.05, 4.69) is 26.2 Å². The van der Waals surface area contributed by atoms with Crippen LogP contribution in [-0.2, 0) is 4.79 Å². The van der Waals surface area contributed by atoms with Gasteiger partial charge in [-0.1, -0.05) is 0 Å².